The Morgan fingerprint density at radius 1 is 1.43 bits per heavy atom. The van der Waals surface area contributed by atoms with Crippen LogP contribution in [0.3, 0.4) is 0 Å². The molecule has 3 rings (SSSR count). The number of amides is 3. The van der Waals surface area contributed by atoms with Crippen molar-refractivity contribution in [2.45, 2.75) is 52.0 Å². The molecule has 0 unspecified atom stereocenters. The number of ether oxygens (including phenoxy) is 1. The Balaban J connectivity index is 1.88. The molecule has 28 heavy (non-hydrogen) atoms. The van der Waals surface area contributed by atoms with E-state index in [0.29, 0.717) is 29.5 Å². The van der Waals surface area contributed by atoms with E-state index in [1.54, 1.807) is 19.2 Å². The van der Waals surface area contributed by atoms with Crippen LogP contribution in [0.2, 0.25) is 0 Å². The fourth-order valence-electron chi connectivity index (χ4n) is 3.64. The minimum Gasteiger partial charge on any atom is -0.509 e. The Kier molecular flexibility index (Phi) is 5.74. The van der Waals surface area contributed by atoms with Gasteiger partial charge in [-0.15, -0.1) is 11.3 Å². The molecule has 0 atom stereocenters. The van der Waals surface area contributed by atoms with Crippen LogP contribution in [0.25, 0.3) is 5.57 Å². The number of rotatable bonds is 5. The lowest BCUT2D eigenvalue weighted by Gasteiger charge is -2.33. The molecule has 1 aliphatic carbocycles. The number of nitrogens with zero attached hydrogens (tertiary/aromatic N) is 2. The van der Waals surface area contributed by atoms with Crippen LogP contribution in [0.1, 0.15) is 50.2 Å². The number of nitrogens with one attached hydrogen (secondary N) is 1. The smallest absolute Gasteiger partial charge is 0.344 e. The molecule has 0 radical (unpaired) electrons. The van der Waals surface area contributed by atoms with E-state index in [1.807, 2.05) is 0 Å². The van der Waals surface area contributed by atoms with Gasteiger partial charge in [0.25, 0.3) is 5.91 Å². The third-order valence-electron chi connectivity index (χ3n) is 5.28. The lowest BCUT2D eigenvalue weighted by molar-refractivity contribution is -0.136. The van der Waals surface area contributed by atoms with Crippen molar-refractivity contribution in [3.05, 3.63) is 21.8 Å². The van der Waals surface area contributed by atoms with Crippen molar-refractivity contribution in [1.82, 2.24) is 15.2 Å². The van der Waals surface area contributed by atoms with Gasteiger partial charge in [0.1, 0.15) is 21.9 Å². The minimum atomic E-state index is -0.897. The molecule has 1 saturated heterocycles. The normalized spacial score (nSPS) is 25.7. The van der Waals surface area contributed by atoms with Gasteiger partial charge in [0.05, 0.1) is 13.2 Å². The van der Waals surface area contributed by atoms with Crippen LogP contribution in [-0.4, -0.2) is 51.6 Å². The van der Waals surface area contributed by atoms with Crippen LogP contribution >= 0.6 is 11.3 Å². The van der Waals surface area contributed by atoms with Gasteiger partial charge in [-0.1, -0.05) is 6.92 Å². The summed E-state index contributed by atoms with van der Waals surface area (Å²) >= 11 is 1.19. The number of aliphatic hydroxyl groups excluding tert-OH is 1. The number of hydrogen-bond donors (Lipinski definition) is 2. The van der Waals surface area contributed by atoms with Crippen molar-refractivity contribution in [3.63, 3.8) is 0 Å². The van der Waals surface area contributed by atoms with Gasteiger partial charge in [-0.2, -0.15) is 0 Å². The first-order valence-corrected chi connectivity index (χ1v) is 10.3. The van der Waals surface area contributed by atoms with E-state index >= 15 is 0 Å². The van der Waals surface area contributed by atoms with Gasteiger partial charge in [0, 0.05) is 11.1 Å². The fourth-order valence-corrected chi connectivity index (χ4v) is 4.49. The molecule has 152 valence electrons. The number of urea groups is 1. The Morgan fingerprint density at radius 2 is 2.11 bits per heavy atom. The van der Waals surface area contributed by atoms with E-state index in [0.717, 1.165) is 17.7 Å². The largest absolute Gasteiger partial charge is 0.509 e. The maximum absolute atomic E-state index is 13.0. The van der Waals surface area contributed by atoms with Crippen LogP contribution in [0, 0.1) is 12.8 Å². The van der Waals surface area contributed by atoms with Gasteiger partial charge in [-0.25, -0.2) is 14.6 Å². The van der Waals surface area contributed by atoms with Crippen molar-refractivity contribution in [2.24, 2.45) is 5.92 Å². The first kappa shape index (κ1) is 20.3. The zero-order valence-electron chi connectivity index (χ0n) is 16.3. The van der Waals surface area contributed by atoms with Crippen LogP contribution in [-0.2, 0) is 14.3 Å². The molecule has 0 bridgehead atoms. The lowest BCUT2D eigenvalue weighted by atomic mass is 9.77. The third kappa shape index (κ3) is 3.76. The molecule has 1 aliphatic heterocycles. The summed E-state index contributed by atoms with van der Waals surface area (Å²) in [6, 6.07) is -0.551. The fraction of sp³-hybridized carbons (Fsp3) is 0.579. The van der Waals surface area contributed by atoms with Crippen molar-refractivity contribution >= 4 is 34.8 Å². The van der Waals surface area contributed by atoms with Gasteiger partial charge in [-0.05, 0) is 45.4 Å². The lowest BCUT2D eigenvalue weighted by Crippen LogP contribution is -2.49. The average Bonchev–Trinajstić information content (AvgIpc) is 3.15. The predicted molar refractivity (Wildman–Crippen MR) is 104 cm³/mol. The second-order valence-corrected chi connectivity index (χ2v) is 8.28. The van der Waals surface area contributed by atoms with Crippen molar-refractivity contribution in [1.29, 1.82) is 0 Å². The van der Waals surface area contributed by atoms with Crippen molar-refractivity contribution < 1.29 is 24.2 Å². The van der Waals surface area contributed by atoms with Crippen LogP contribution in [0.4, 0.5) is 4.79 Å². The maximum Gasteiger partial charge on any atom is 0.344 e. The highest BCUT2D eigenvalue weighted by Crippen LogP contribution is 2.36. The van der Waals surface area contributed by atoms with E-state index < -0.39 is 29.8 Å². The number of hydrogen-bond acceptors (Lipinski definition) is 7. The second-order valence-electron chi connectivity index (χ2n) is 7.42. The first-order chi connectivity index (χ1) is 13.3. The molecule has 1 aromatic rings. The standard InChI is InChI=1S/C19H25N3O5S/c1-4-27-16(24)14(15-20-12(3)10-28-15)13(23)9-22-17(25)19(21-18(22)26)7-5-11(2)6-8-19/h10-11,23H,4-9H2,1-3H3,(H,21,26)/b14-13+. The second kappa shape index (κ2) is 7.90. The topological polar surface area (TPSA) is 109 Å². The van der Waals surface area contributed by atoms with Crippen LogP contribution < -0.4 is 5.32 Å². The molecule has 2 fully saturated rings. The molecule has 8 nitrogen and oxygen atoms in total. The quantitative estimate of drug-likeness (QED) is 0.336. The summed E-state index contributed by atoms with van der Waals surface area (Å²) in [6.07, 6.45) is 2.87. The number of aryl methyl sites for hydroxylation is 1. The zero-order valence-corrected chi connectivity index (χ0v) is 17.1. The Hall–Kier alpha value is -2.42. The summed E-state index contributed by atoms with van der Waals surface area (Å²) in [5.41, 5.74) is -0.315. The molecule has 2 aliphatic rings. The molecule has 2 N–H and O–H groups in total. The molecule has 9 heteroatoms. The van der Waals surface area contributed by atoms with Gasteiger partial charge >= 0.3 is 12.0 Å². The third-order valence-corrected chi connectivity index (χ3v) is 6.26. The van der Waals surface area contributed by atoms with E-state index in [9.17, 15) is 19.5 Å². The van der Waals surface area contributed by atoms with Gasteiger partial charge in [0.2, 0.25) is 0 Å². The van der Waals surface area contributed by atoms with E-state index in [2.05, 4.69) is 17.2 Å². The molecule has 1 saturated carbocycles. The number of imide groups is 1. The highest BCUT2D eigenvalue weighted by molar-refractivity contribution is 7.11. The summed E-state index contributed by atoms with van der Waals surface area (Å²) in [4.78, 5) is 43.0. The summed E-state index contributed by atoms with van der Waals surface area (Å²) in [6.45, 7) is 5.29. The number of esters is 1. The molecule has 0 aromatic carbocycles. The Bertz CT molecular complexity index is 823. The minimum absolute atomic E-state index is 0.112. The molecule has 1 spiro atoms. The first-order valence-electron chi connectivity index (χ1n) is 9.43. The molecular formula is C19H25N3O5S. The Morgan fingerprint density at radius 3 is 2.68 bits per heavy atom. The Labute approximate surface area is 167 Å². The molecule has 1 aromatic heterocycles. The SMILES string of the molecule is CCOC(=O)/C(=C(/O)CN1C(=O)NC2(CCC(C)CC2)C1=O)c1nc(C)cs1. The molecule has 3 amide bonds. The summed E-state index contributed by atoms with van der Waals surface area (Å²) in [5.74, 6) is -0.976. The highest BCUT2D eigenvalue weighted by Gasteiger charge is 2.52. The molecule has 2 heterocycles. The highest BCUT2D eigenvalue weighted by atomic mass is 32.1. The monoisotopic (exact) mass is 407 g/mol. The van der Waals surface area contributed by atoms with E-state index in [1.165, 1.54) is 11.3 Å². The van der Waals surface area contributed by atoms with Crippen molar-refractivity contribution in [3.8, 4) is 0 Å². The number of thiazole rings is 1. The van der Waals surface area contributed by atoms with Crippen LogP contribution in [0.15, 0.2) is 11.1 Å². The van der Waals surface area contributed by atoms with E-state index in [4.69, 9.17) is 4.74 Å². The number of aromatic nitrogens is 1. The summed E-state index contributed by atoms with van der Waals surface area (Å²) < 4.78 is 5.03. The van der Waals surface area contributed by atoms with Gasteiger partial charge in [-0.3, -0.25) is 9.69 Å². The average molecular weight is 407 g/mol. The van der Waals surface area contributed by atoms with Gasteiger partial charge < -0.3 is 15.2 Å². The molecular weight excluding hydrogens is 382 g/mol. The predicted octanol–water partition coefficient (Wildman–Crippen LogP) is 2.78. The zero-order chi connectivity index (χ0) is 20.5. The maximum atomic E-state index is 13.0. The van der Waals surface area contributed by atoms with Crippen molar-refractivity contribution in [2.75, 3.05) is 13.2 Å². The summed E-state index contributed by atoms with van der Waals surface area (Å²) in [5, 5.41) is 15.5. The number of carbonyl (C=O) groups is 3. The number of aliphatic hydroxyl groups is 1. The van der Waals surface area contributed by atoms with Gasteiger partial charge in [0.15, 0.2) is 0 Å². The number of carbonyl (C=O) groups excluding carboxylic acids is 3. The summed E-state index contributed by atoms with van der Waals surface area (Å²) in [7, 11) is 0. The van der Waals surface area contributed by atoms with E-state index in [-0.39, 0.29) is 18.1 Å². The van der Waals surface area contributed by atoms with Crippen LogP contribution in [0.5, 0.6) is 0 Å².